The van der Waals surface area contributed by atoms with E-state index in [9.17, 15) is 4.79 Å². The second kappa shape index (κ2) is 8.23. The summed E-state index contributed by atoms with van der Waals surface area (Å²) in [6.45, 7) is 7.08. The topological polar surface area (TPSA) is 56.0 Å². The Morgan fingerprint density at radius 3 is 2.73 bits per heavy atom. The minimum atomic E-state index is 0.165. The SMILES string of the molecule is Cc1cc(C(=O)CSc2nnc(N3CCCC3)n2C2CC2)c(C)n1Cc1cccs1. The van der Waals surface area contributed by atoms with Gasteiger partial charge in [0, 0.05) is 41.0 Å². The van der Waals surface area contributed by atoms with Crippen molar-refractivity contribution in [3.05, 3.63) is 45.4 Å². The number of ketones is 1. The summed E-state index contributed by atoms with van der Waals surface area (Å²) in [5, 5.41) is 11.9. The Morgan fingerprint density at radius 1 is 1.23 bits per heavy atom. The Labute approximate surface area is 185 Å². The molecule has 2 aliphatic rings. The van der Waals surface area contributed by atoms with Crippen LogP contribution in [0.3, 0.4) is 0 Å². The van der Waals surface area contributed by atoms with Gasteiger partial charge in [-0.3, -0.25) is 9.36 Å². The molecular formula is C22H27N5OS2. The maximum absolute atomic E-state index is 13.1. The van der Waals surface area contributed by atoms with Gasteiger partial charge < -0.3 is 9.47 Å². The fourth-order valence-corrected chi connectivity index (χ4v) is 5.82. The number of carbonyl (C=O) groups excluding carboxylic acids is 1. The van der Waals surface area contributed by atoms with Gasteiger partial charge in [0.1, 0.15) is 0 Å². The van der Waals surface area contributed by atoms with Crippen LogP contribution in [0, 0.1) is 13.8 Å². The number of Topliss-reactive ketones (excluding diaryl/α,β-unsaturated/α-hetero) is 1. The normalized spacial score (nSPS) is 16.5. The Kier molecular flexibility index (Phi) is 5.45. The molecule has 3 aromatic rings. The minimum absolute atomic E-state index is 0.165. The zero-order chi connectivity index (χ0) is 20.7. The quantitative estimate of drug-likeness (QED) is 0.374. The molecule has 1 saturated carbocycles. The van der Waals surface area contributed by atoms with E-state index in [1.807, 2.05) is 6.07 Å². The predicted molar refractivity (Wildman–Crippen MR) is 122 cm³/mol. The molecular weight excluding hydrogens is 414 g/mol. The van der Waals surface area contributed by atoms with E-state index in [1.165, 1.54) is 42.3 Å². The molecule has 3 aromatic heterocycles. The number of thiophene rings is 1. The third-order valence-electron chi connectivity index (χ3n) is 6.05. The van der Waals surface area contributed by atoms with Gasteiger partial charge in [-0.2, -0.15) is 0 Å². The van der Waals surface area contributed by atoms with Crippen LogP contribution in [-0.4, -0.2) is 44.0 Å². The second-order valence-electron chi connectivity index (χ2n) is 8.24. The van der Waals surface area contributed by atoms with Crippen molar-refractivity contribution in [2.24, 2.45) is 0 Å². The highest BCUT2D eigenvalue weighted by Gasteiger charge is 2.32. The highest BCUT2D eigenvalue weighted by molar-refractivity contribution is 7.99. The molecule has 2 fully saturated rings. The summed E-state index contributed by atoms with van der Waals surface area (Å²) in [5.74, 6) is 1.56. The molecule has 1 aliphatic heterocycles. The maximum atomic E-state index is 13.1. The van der Waals surface area contributed by atoms with E-state index in [1.54, 1.807) is 11.3 Å². The number of anilines is 1. The maximum Gasteiger partial charge on any atom is 0.228 e. The summed E-state index contributed by atoms with van der Waals surface area (Å²) in [7, 11) is 0. The Bertz CT molecular complexity index is 1040. The van der Waals surface area contributed by atoms with Gasteiger partial charge in [-0.1, -0.05) is 17.8 Å². The second-order valence-corrected chi connectivity index (χ2v) is 10.2. The largest absolute Gasteiger partial charge is 0.343 e. The molecule has 0 radical (unpaired) electrons. The summed E-state index contributed by atoms with van der Waals surface area (Å²) in [5.41, 5.74) is 3.01. The molecule has 4 heterocycles. The average molecular weight is 442 g/mol. The number of aryl methyl sites for hydroxylation is 1. The van der Waals surface area contributed by atoms with Crippen molar-refractivity contribution in [2.45, 2.75) is 57.3 Å². The van der Waals surface area contributed by atoms with Crippen LogP contribution in [0.5, 0.6) is 0 Å². The van der Waals surface area contributed by atoms with Gasteiger partial charge >= 0.3 is 0 Å². The molecule has 0 aromatic carbocycles. The molecule has 5 rings (SSSR count). The van der Waals surface area contributed by atoms with Crippen molar-refractivity contribution >= 4 is 34.8 Å². The van der Waals surface area contributed by atoms with E-state index >= 15 is 0 Å². The van der Waals surface area contributed by atoms with Gasteiger partial charge in [-0.15, -0.1) is 21.5 Å². The van der Waals surface area contributed by atoms with Crippen molar-refractivity contribution in [1.82, 2.24) is 19.3 Å². The number of aromatic nitrogens is 4. The Hall–Kier alpha value is -2.06. The minimum Gasteiger partial charge on any atom is -0.343 e. The average Bonchev–Trinajstić information content (AvgIpc) is 3.18. The van der Waals surface area contributed by atoms with E-state index in [2.05, 4.69) is 55.6 Å². The van der Waals surface area contributed by atoms with Crippen LogP contribution in [0.25, 0.3) is 0 Å². The number of thioether (sulfide) groups is 1. The zero-order valence-corrected chi connectivity index (χ0v) is 19.1. The molecule has 1 saturated heterocycles. The first kappa shape index (κ1) is 19.9. The van der Waals surface area contributed by atoms with Crippen LogP contribution in [0.1, 0.15) is 58.3 Å². The van der Waals surface area contributed by atoms with Crippen molar-refractivity contribution in [3.63, 3.8) is 0 Å². The lowest BCUT2D eigenvalue weighted by molar-refractivity contribution is 0.102. The number of rotatable bonds is 8. The highest BCUT2D eigenvalue weighted by Crippen LogP contribution is 2.41. The number of nitrogens with zero attached hydrogens (tertiary/aromatic N) is 5. The zero-order valence-electron chi connectivity index (χ0n) is 17.5. The van der Waals surface area contributed by atoms with Gasteiger partial charge in [-0.05, 0) is 57.0 Å². The molecule has 0 atom stereocenters. The fourth-order valence-electron chi connectivity index (χ4n) is 4.25. The van der Waals surface area contributed by atoms with Crippen LogP contribution in [-0.2, 0) is 6.54 Å². The standard InChI is InChI=1S/C22H27N5OS2/c1-15-12-19(16(2)26(15)13-18-6-5-11-29-18)20(28)14-30-22-24-23-21(25-9-3-4-10-25)27(22)17-7-8-17/h5-6,11-12,17H,3-4,7-10,13-14H2,1-2H3. The third-order valence-corrected chi connectivity index (χ3v) is 7.85. The summed E-state index contributed by atoms with van der Waals surface area (Å²) >= 11 is 3.28. The van der Waals surface area contributed by atoms with E-state index < -0.39 is 0 Å². The number of carbonyl (C=O) groups is 1. The van der Waals surface area contributed by atoms with Crippen LogP contribution >= 0.6 is 23.1 Å². The van der Waals surface area contributed by atoms with Gasteiger partial charge in [-0.25, -0.2) is 0 Å². The number of hydrogen-bond acceptors (Lipinski definition) is 6. The Balaban J connectivity index is 1.31. The van der Waals surface area contributed by atoms with Crippen molar-refractivity contribution in [2.75, 3.05) is 23.7 Å². The number of hydrogen-bond donors (Lipinski definition) is 0. The lowest BCUT2D eigenvalue weighted by Crippen LogP contribution is -2.22. The van der Waals surface area contributed by atoms with E-state index in [0.29, 0.717) is 11.8 Å². The lowest BCUT2D eigenvalue weighted by atomic mass is 10.2. The molecule has 1 aliphatic carbocycles. The highest BCUT2D eigenvalue weighted by atomic mass is 32.2. The molecule has 0 unspecified atom stereocenters. The van der Waals surface area contributed by atoms with Crippen molar-refractivity contribution < 1.29 is 4.79 Å². The van der Waals surface area contributed by atoms with Crippen LogP contribution in [0.2, 0.25) is 0 Å². The molecule has 0 bridgehead atoms. The monoisotopic (exact) mass is 441 g/mol. The van der Waals surface area contributed by atoms with Crippen LogP contribution < -0.4 is 4.90 Å². The smallest absolute Gasteiger partial charge is 0.228 e. The first-order valence-electron chi connectivity index (χ1n) is 10.7. The fraction of sp³-hybridized carbons (Fsp3) is 0.500. The van der Waals surface area contributed by atoms with Gasteiger partial charge in [0.15, 0.2) is 10.9 Å². The summed E-state index contributed by atoms with van der Waals surface area (Å²) in [4.78, 5) is 16.7. The van der Waals surface area contributed by atoms with Crippen molar-refractivity contribution in [1.29, 1.82) is 0 Å². The van der Waals surface area contributed by atoms with Crippen LogP contribution in [0.15, 0.2) is 28.7 Å². The first-order chi connectivity index (χ1) is 14.6. The third kappa shape index (κ3) is 3.83. The van der Waals surface area contributed by atoms with Crippen molar-refractivity contribution in [3.8, 4) is 0 Å². The molecule has 0 N–H and O–H groups in total. The van der Waals surface area contributed by atoms with Gasteiger partial charge in [0.05, 0.1) is 12.3 Å². The van der Waals surface area contributed by atoms with E-state index in [4.69, 9.17) is 0 Å². The summed E-state index contributed by atoms with van der Waals surface area (Å²) < 4.78 is 4.52. The summed E-state index contributed by atoms with van der Waals surface area (Å²) in [6.07, 6.45) is 4.81. The van der Waals surface area contributed by atoms with Gasteiger partial charge in [0.2, 0.25) is 5.95 Å². The van der Waals surface area contributed by atoms with E-state index in [0.717, 1.165) is 47.7 Å². The summed E-state index contributed by atoms with van der Waals surface area (Å²) in [6, 6.07) is 6.75. The predicted octanol–water partition coefficient (Wildman–Crippen LogP) is 4.72. The molecule has 0 amide bonds. The molecule has 6 nitrogen and oxygen atoms in total. The lowest BCUT2D eigenvalue weighted by Gasteiger charge is -2.17. The molecule has 0 spiro atoms. The van der Waals surface area contributed by atoms with Gasteiger partial charge in [0.25, 0.3) is 0 Å². The molecule has 8 heteroatoms. The van der Waals surface area contributed by atoms with E-state index in [-0.39, 0.29) is 5.78 Å². The molecule has 158 valence electrons. The first-order valence-corrected chi connectivity index (χ1v) is 12.5. The molecule has 30 heavy (non-hydrogen) atoms. The Morgan fingerprint density at radius 2 is 2.03 bits per heavy atom. The van der Waals surface area contributed by atoms with Crippen LogP contribution in [0.4, 0.5) is 5.95 Å².